The average molecular weight is 448 g/mol. The van der Waals surface area contributed by atoms with E-state index in [0.29, 0.717) is 10.7 Å². The number of nitrogens with one attached hydrogen (secondary N) is 1. The molecule has 0 aliphatic carbocycles. The number of sulfonamides is 1. The van der Waals surface area contributed by atoms with E-state index in [1.807, 2.05) is 0 Å². The van der Waals surface area contributed by atoms with E-state index >= 15 is 0 Å². The van der Waals surface area contributed by atoms with Crippen LogP contribution in [0.2, 0.25) is 5.02 Å². The van der Waals surface area contributed by atoms with Gasteiger partial charge in [0.15, 0.2) is 0 Å². The molecule has 0 spiro atoms. The molecule has 0 unspecified atom stereocenters. The van der Waals surface area contributed by atoms with Crippen molar-refractivity contribution >= 4 is 49.1 Å². The number of nitrogens with zero attached hydrogens (tertiary/aromatic N) is 1. The molecule has 0 fully saturated rings. The van der Waals surface area contributed by atoms with Gasteiger partial charge in [0.05, 0.1) is 17.8 Å². The number of benzene rings is 2. The van der Waals surface area contributed by atoms with Crippen LogP contribution in [0.15, 0.2) is 45.8 Å². The highest BCUT2D eigenvalue weighted by atomic mass is 79.9. The Bertz CT molecular complexity index is 916. The SMILES string of the molecule is COc1ccc(C(=O)Nc2ccc(Br)cc2Cl)cc1S(=O)(=O)N(C)C. The minimum Gasteiger partial charge on any atom is -0.495 e. The van der Waals surface area contributed by atoms with Crippen LogP contribution < -0.4 is 10.1 Å². The molecule has 2 aromatic carbocycles. The Morgan fingerprint density at radius 1 is 1.20 bits per heavy atom. The van der Waals surface area contributed by atoms with E-state index in [1.165, 1.54) is 39.4 Å². The van der Waals surface area contributed by atoms with Gasteiger partial charge >= 0.3 is 0 Å². The minimum absolute atomic E-state index is 0.0884. The lowest BCUT2D eigenvalue weighted by Gasteiger charge is -2.15. The van der Waals surface area contributed by atoms with Crippen LogP contribution in [0.25, 0.3) is 0 Å². The summed E-state index contributed by atoms with van der Waals surface area (Å²) >= 11 is 9.37. The van der Waals surface area contributed by atoms with E-state index in [9.17, 15) is 13.2 Å². The highest BCUT2D eigenvalue weighted by molar-refractivity contribution is 9.10. The third-order valence-corrected chi connectivity index (χ3v) is 6.01. The smallest absolute Gasteiger partial charge is 0.255 e. The Hall–Kier alpha value is -1.61. The molecule has 9 heteroatoms. The van der Waals surface area contributed by atoms with Gasteiger partial charge in [0.2, 0.25) is 10.0 Å². The van der Waals surface area contributed by atoms with Crippen molar-refractivity contribution in [2.75, 3.05) is 26.5 Å². The highest BCUT2D eigenvalue weighted by Crippen LogP contribution is 2.29. The summed E-state index contributed by atoms with van der Waals surface area (Å²) in [6.45, 7) is 0. The molecule has 0 atom stereocenters. The number of hydrogen-bond acceptors (Lipinski definition) is 4. The third kappa shape index (κ3) is 4.33. The lowest BCUT2D eigenvalue weighted by atomic mass is 10.2. The topological polar surface area (TPSA) is 75.7 Å². The summed E-state index contributed by atoms with van der Waals surface area (Å²) in [5.74, 6) is -0.325. The van der Waals surface area contributed by atoms with E-state index in [4.69, 9.17) is 16.3 Å². The molecule has 0 saturated carbocycles. The maximum absolute atomic E-state index is 12.5. The number of methoxy groups -OCH3 is 1. The first-order chi connectivity index (χ1) is 11.7. The molecule has 0 saturated heterocycles. The molecule has 0 radical (unpaired) electrons. The minimum atomic E-state index is -3.77. The van der Waals surface area contributed by atoms with E-state index < -0.39 is 15.9 Å². The molecule has 6 nitrogen and oxygen atoms in total. The first-order valence-corrected chi connectivity index (χ1v) is 9.65. The second kappa shape index (κ2) is 7.74. The average Bonchev–Trinajstić information content (AvgIpc) is 2.56. The van der Waals surface area contributed by atoms with Gasteiger partial charge in [-0.25, -0.2) is 12.7 Å². The fourth-order valence-corrected chi connectivity index (χ4v) is 3.80. The van der Waals surface area contributed by atoms with Crippen molar-refractivity contribution in [1.82, 2.24) is 4.31 Å². The predicted octanol–water partition coefficient (Wildman–Crippen LogP) is 3.61. The van der Waals surface area contributed by atoms with Gasteiger partial charge in [-0.3, -0.25) is 4.79 Å². The summed E-state index contributed by atoms with van der Waals surface area (Å²) in [6.07, 6.45) is 0. The molecule has 1 amide bonds. The number of carbonyl (C=O) groups excluding carboxylic acids is 1. The fraction of sp³-hybridized carbons (Fsp3) is 0.188. The molecular formula is C16H16BrClN2O4S. The summed E-state index contributed by atoms with van der Waals surface area (Å²) in [5.41, 5.74) is 0.586. The molecule has 0 bridgehead atoms. The summed E-state index contributed by atoms with van der Waals surface area (Å²) in [7, 11) is 0.412. The molecular weight excluding hydrogens is 432 g/mol. The summed E-state index contributed by atoms with van der Waals surface area (Å²) in [5, 5.41) is 3.02. The molecule has 0 heterocycles. The molecule has 25 heavy (non-hydrogen) atoms. The first kappa shape index (κ1) is 19.7. The van der Waals surface area contributed by atoms with Crippen molar-refractivity contribution in [3.8, 4) is 5.75 Å². The summed E-state index contributed by atoms with van der Waals surface area (Å²) in [4.78, 5) is 12.4. The number of halogens is 2. The van der Waals surface area contributed by atoms with Gasteiger partial charge in [-0.05, 0) is 36.4 Å². The van der Waals surface area contributed by atoms with Crippen LogP contribution in [-0.4, -0.2) is 39.8 Å². The molecule has 2 rings (SSSR count). The Balaban J connectivity index is 2.41. The van der Waals surface area contributed by atoms with E-state index in [0.717, 1.165) is 8.78 Å². The van der Waals surface area contributed by atoms with E-state index in [-0.39, 0.29) is 16.2 Å². The summed E-state index contributed by atoms with van der Waals surface area (Å²) < 4.78 is 31.8. The van der Waals surface area contributed by atoms with Gasteiger partial charge in [0.25, 0.3) is 5.91 Å². The normalized spacial score (nSPS) is 11.4. The Morgan fingerprint density at radius 2 is 1.88 bits per heavy atom. The number of ether oxygens (including phenoxy) is 1. The van der Waals surface area contributed by atoms with Crippen LogP contribution in [-0.2, 0) is 10.0 Å². The Morgan fingerprint density at radius 3 is 2.44 bits per heavy atom. The fourth-order valence-electron chi connectivity index (χ4n) is 2.00. The van der Waals surface area contributed by atoms with Crippen LogP contribution in [0.4, 0.5) is 5.69 Å². The van der Waals surface area contributed by atoms with Crippen molar-refractivity contribution in [3.05, 3.63) is 51.5 Å². The Kier molecular flexibility index (Phi) is 6.10. The zero-order valence-corrected chi connectivity index (χ0v) is 16.9. The van der Waals surface area contributed by atoms with E-state index in [2.05, 4.69) is 21.2 Å². The van der Waals surface area contributed by atoms with Gasteiger partial charge in [0.1, 0.15) is 10.6 Å². The van der Waals surface area contributed by atoms with Gasteiger partial charge in [-0.1, -0.05) is 27.5 Å². The molecule has 0 aliphatic rings. The van der Waals surface area contributed by atoms with Crippen molar-refractivity contribution in [1.29, 1.82) is 0 Å². The largest absolute Gasteiger partial charge is 0.495 e. The van der Waals surface area contributed by atoms with Gasteiger partial charge in [0, 0.05) is 24.1 Å². The van der Waals surface area contributed by atoms with Crippen LogP contribution >= 0.6 is 27.5 Å². The van der Waals surface area contributed by atoms with Gasteiger partial charge in [-0.15, -0.1) is 0 Å². The zero-order valence-electron chi connectivity index (χ0n) is 13.7. The van der Waals surface area contributed by atoms with Crippen LogP contribution in [0, 0.1) is 0 Å². The van der Waals surface area contributed by atoms with Gasteiger partial charge < -0.3 is 10.1 Å². The molecule has 2 aromatic rings. The quantitative estimate of drug-likeness (QED) is 0.760. The highest BCUT2D eigenvalue weighted by Gasteiger charge is 2.24. The second-order valence-corrected chi connectivity index (χ2v) is 8.67. The van der Waals surface area contributed by atoms with Crippen molar-refractivity contribution < 1.29 is 17.9 Å². The first-order valence-electron chi connectivity index (χ1n) is 7.03. The Labute approximate surface area is 159 Å². The lowest BCUT2D eigenvalue weighted by molar-refractivity contribution is 0.102. The monoisotopic (exact) mass is 446 g/mol. The lowest BCUT2D eigenvalue weighted by Crippen LogP contribution is -2.23. The number of carbonyl (C=O) groups is 1. The zero-order chi connectivity index (χ0) is 18.8. The third-order valence-electron chi connectivity index (χ3n) is 3.36. The molecule has 0 aliphatic heterocycles. The van der Waals surface area contributed by atoms with Crippen molar-refractivity contribution in [3.63, 3.8) is 0 Å². The standard InChI is InChI=1S/C16H16BrClN2O4S/c1-20(2)25(22,23)15-8-10(4-7-14(15)24-3)16(21)19-13-6-5-11(17)9-12(13)18/h4-9H,1-3H3,(H,19,21). The second-order valence-electron chi connectivity index (χ2n) is 5.23. The van der Waals surface area contributed by atoms with Crippen molar-refractivity contribution in [2.24, 2.45) is 0 Å². The summed E-state index contributed by atoms with van der Waals surface area (Å²) in [6, 6.07) is 9.22. The van der Waals surface area contributed by atoms with Crippen LogP contribution in [0.3, 0.4) is 0 Å². The van der Waals surface area contributed by atoms with Gasteiger partial charge in [-0.2, -0.15) is 0 Å². The molecule has 134 valence electrons. The van der Waals surface area contributed by atoms with Crippen LogP contribution in [0.5, 0.6) is 5.75 Å². The van der Waals surface area contributed by atoms with E-state index in [1.54, 1.807) is 18.2 Å². The number of hydrogen-bond donors (Lipinski definition) is 1. The molecule has 0 aromatic heterocycles. The van der Waals surface area contributed by atoms with Crippen LogP contribution in [0.1, 0.15) is 10.4 Å². The molecule has 1 N–H and O–H groups in total. The number of anilines is 1. The number of rotatable bonds is 5. The van der Waals surface area contributed by atoms with Crippen molar-refractivity contribution in [2.45, 2.75) is 4.90 Å². The predicted molar refractivity (Wildman–Crippen MR) is 101 cm³/mol. The maximum atomic E-state index is 12.5. The maximum Gasteiger partial charge on any atom is 0.255 e. The number of amides is 1.